The lowest BCUT2D eigenvalue weighted by Crippen LogP contribution is -2.00. The first-order valence-corrected chi connectivity index (χ1v) is 5.16. The molecule has 1 N–H and O–H groups in total. The Morgan fingerprint density at radius 3 is 2.17 bits per heavy atom. The Labute approximate surface area is 75.7 Å². The van der Waals surface area contributed by atoms with Gasteiger partial charge in [-0.2, -0.15) is 8.42 Å². The lowest BCUT2D eigenvalue weighted by atomic mass is 10.2. The highest BCUT2D eigenvalue weighted by atomic mass is 35.5. The van der Waals surface area contributed by atoms with Crippen LogP contribution >= 0.6 is 11.6 Å². The van der Waals surface area contributed by atoms with E-state index in [0.717, 1.165) is 0 Å². The highest BCUT2D eigenvalue weighted by Crippen LogP contribution is 2.11. The molecular formula is C7H7ClO3S. The van der Waals surface area contributed by atoms with E-state index in [2.05, 4.69) is 0 Å². The summed E-state index contributed by atoms with van der Waals surface area (Å²) < 4.78 is 29.3. The van der Waals surface area contributed by atoms with Gasteiger partial charge in [-0.15, -0.1) is 0 Å². The molecule has 0 saturated heterocycles. The molecule has 0 atom stereocenters. The second-order valence-electron chi connectivity index (χ2n) is 2.35. The lowest BCUT2D eigenvalue weighted by molar-refractivity contribution is 0.482. The molecule has 1 aromatic carbocycles. The van der Waals surface area contributed by atoms with Crippen LogP contribution in [0.15, 0.2) is 24.3 Å². The number of hydrogen-bond acceptors (Lipinski definition) is 2. The fraction of sp³-hybridized carbons (Fsp3) is 0.143. The van der Waals surface area contributed by atoms with Crippen molar-refractivity contribution >= 4 is 21.7 Å². The lowest BCUT2D eigenvalue weighted by Gasteiger charge is -1.97. The van der Waals surface area contributed by atoms with Gasteiger partial charge in [-0.1, -0.05) is 23.7 Å². The van der Waals surface area contributed by atoms with Crippen LogP contribution < -0.4 is 0 Å². The van der Waals surface area contributed by atoms with Crippen LogP contribution in [0.4, 0.5) is 0 Å². The number of benzene rings is 1. The second-order valence-corrected chi connectivity index (χ2v) is 4.24. The molecule has 0 aromatic heterocycles. The molecule has 0 amide bonds. The Morgan fingerprint density at radius 1 is 1.25 bits per heavy atom. The Bertz CT molecular complexity index is 355. The molecule has 1 aromatic rings. The fourth-order valence-corrected chi connectivity index (χ4v) is 1.53. The molecule has 0 unspecified atom stereocenters. The van der Waals surface area contributed by atoms with E-state index < -0.39 is 10.1 Å². The zero-order chi connectivity index (χ0) is 9.19. The molecule has 5 heteroatoms. The van der Waals surface area contributed by atoms with Crippen LogP contribution in [-0.2, 0) is 15.9 Å². The molecule has 0 spiro atoms. The monoisotopic (exact) mass is 206 g/mol. The molecule has 3 nitrogen and oxygen atoms in total. The summed E-state index contributed by atoms with van der Waals surface area (Å²) >= 11 is 5.57. The van der Waals surface area contributed by atoms with E-state index in [0.29, 0.717) is 10.6 Å². The van der Waals surface area contributed by atoms with Gasteiger partial charge in [-0.3, -0.25) is 4.55 Å². The van der Waals surface area contributed by atoms with E-state index in [1.165, 1.54) is 0 Å². The molecule has 1 rings (SSSR count). The molecule has 0 saturated carbocycles. The topological polar surface area (TPSA) is 54.4 Å². The first-order valence-electron chi connectivity index (χ1n) is 3.17. The van der Waals surface area contributed by atoms with Crippen LogP contribution in [-0.4, -0.2) is 13.0 Å². The normalized spacial score (nSPS) is 11.5. The Morgan fingerprint density at radius 2 is 1.75 bits per heavy atom. The average molecular weight is 207 g/mol. The smallest absolute Gasteiger partial charge is 0.269 e. The van der Waals surface area contributed by atoms with Crippen LogP contribution in [0.1, 0.15) is 5.56 Å². The van der Waals surface area contributed by atoms with E-state index in [4.69, 9.17) is 16.2 Å². The number of hydrogen-bond donors (Lipinski definition) is 1. The van der Waals surface area contributed by atoms with Gasteiger partial charge in [0.05, 0.1) is 0 Å². The predicted molar refractivity (Wildman–Crippen MR) is 46.7 cm³/mol. The summed E-state index contributed by atoms with van der Waals surface area (Å²) in [6, 6.07) is 6.25. The molecule has 0 heterocycles. The molecule has 0 radical (unpaired) electrons. The van der Waals surface area contributed by atoms with Crippen molar-refractivity contribution in [1.82, 2.24) is 0 Å². The van der Waals surface area contributed by atoms with Gasteiger partial charge in [0.15, 0.2) is 0 Å². The van der Waals surface area contributed by atoms with Crippen molar-refractivity contribution in [2.24, 2.45) is 0 Å². The second kappa shape index (κ2) is 3.43. The molecule has 0 aliphatic heterocycles. The minimum absolute atomic E-state index is 0.371. The van der Waals surface area contributed by atoms with E-state index in [-0.39, 0.29) is 5.75 Å². The predicted octanol–water partition coefficient (Wildman–Crippen LogP) is 1.73. The first-order chi connectivity index (χ1) is 5.47. The Hall–Kier alpha value is -0.580. The molecule has 66 valence electrons. The summed E-state index contributed by atoms with van der Waals surface area (Å²) in [5.41, 5.74) is 0.516. The fourth-order valence-electron chi connectivity index (χ4n) is 0.791. The van der Waals surface area contributed by atoms with Gasteiger partial charge in [0.1, 0.15) is 5.75 Å². The molecule has 12 heavy (non-hydrogen) atoms. The van der Waals surface area contributed by atoms with Crippen molar-refractivity contribution in [2.45, 2.75) is 5.75 Å². The first kappa shape index (κ1) is 9.51. The van der Waals surface area contributed by atoms with Gasteiger partial charge in [0.25, 0.3) is 10.1 Å². The molecule has 0 fully saturated rings. The van der Waals surface area contributed by atoms with Gasteiger partial charge in [-0.05, 0) is 17.7 Å². The minimum Gasteiger partial charge on any atom is -0.285 e. The molecule has 0 aliphatic rings. The van der Waals surface area contributed by atoms with Gasteiger partial charge in [0, 0.05) is 5.02 Å². The van der Waals surface area contributed by atoms with Gasteiger partial charge >= 0.3 is 0 Å². The number of rotatable bonds is 2. The summed E-state index contributed by atoms with van der Waals surface area (Å²) in [6.45, 7) is 0. The minimum atomic E-state index is -3.93. The zero-order valence-electron chi connectivity index (χ0n) is 6.07. The van der Waals surface area contributed by atoms with Gasteiger partial charge in [0.2, 0.25) is 0 Å². The highest BCUT2D eigenvalue weighted by molar-refractivity contribution is 7.85. The van der Waals surface area contributed by atoms with Crippen LogP contribution in [0.5, 0.6) is 0 Å². The van der Waals surface area contributed by atoms with E-state index in [9.17, 15) is 8.42 Å². The average Bonchev–Trinajstić information content (AvgIpc) is 1.91. The third-order valence-electron chi connectivity index (χ3n) is 1.26. The van der Waals surface area contributed by atoms with Crippen molar-refractivity contribution in [3.05, 3.63) is 34.9 Å². The van der Waals surface area contributed by atoms with Crippen molar-refractivity contribution in [2.75, 3.05) is 0 Å². The van der Waals surface area contributed by atoms with Gasteiger partial charge < -0.3 is 0 Å². The summed E-state index contributed by atoms with van der Waals surface area (Å²) in [5, 5.41) is 0.536. The SMILES string of the molecule is O=S(=O)(O)Cc1ccc(Cl)cc1. The van der Waals surface area contributed by atoms with Crippen molar-refractivity contribution in [1.29, 1.82) is 0 Å². The van der Waals surface area contributed by atoms with Crippen LogP contribution in [0.3, 0.4) is 0 Å². The quantitative estimate of drug-likeness (QED) is 0.750. The third kappa shape index (κ3) is 3.21. The molecular weight excluding hydrogens is 200 g/mol. The van der Waals surface area contributed by atoms with Crippen molar-refractivity contribution in [3.8, 4) is 0 Å². The van der Waals surface area contributed by atoms with E-state index in [1.807, 2.05) is 0 Å². The Kier molecular flexibility index (Phi) is 2.72. The standard InChI is InChI=1S/C7H7ClO3S/c8-7-3-1-6(2-4-7)5-12(9,10)11/h1-4H,5H2,(H,9,10,11). The van der Waals surface area contributed by atoms with Crippen LogP contribution in [0.25, 0.3) is 0 Å². The van der Waals surface area contributed by atoms with Crippen LogP contribution in [0.2, 0.25) is 5.02 Å². The highest BCUT2D eigenvalue weighted by Gasteiger charge is 2.05. The van der Waals surface area contributed by atoms with E-state index in [1.54, 1.807) is 24.3 Å². The maximum atomic E-state index is 10.4. The summed E-state index contributed by atoms with van der Waals surface area (Å²) in [4.78, 5) is 0. The van der Waals surface area contributed by atoms with Crippen molar-refractivity contribution in [3.63, 3.8) is 0 Å². The summed E-state index contributed by atoms with van der Waals surface area (Å²) in [6.07, 6.45) is 0. The maximum Gasteiger partial charge on any atom is 0.269 e. The molecule has 0 bridgehead atoms. The van der Waals surface area contributed by atoms with Gasteiger partial charge in [-0.25, -0.2) is 0 Å². The summed E-state index contributed by atoms with van der Waals surface area (Å²) in [7, 11) is -3.93. The van der Waals surface area contributed by atoms with Crippen molar-refractivity contribution < 1.29 is 13.0 Å². The molecule has 0 aliphatic carbocycles. The largest absolute Gasteiger partial charge is 0.285 e. The number of halogens is 1. The zero-order valence-corrected chi connectivity index (χ0v) is 7.64. The summed E-state index contributed by atoms with van der Waals surface area (Å²) in [5.74, 6) is -0.371. The van der Waals surface area contributed by atoms with Crippen LogP contribution in [0, 0.1) is 0 Å². The van der Waals surface area contributed by atoms with E-state index >= 15 is 0 Å². The Balaban J connectivity index is 2.85. The third-order valence-corrected chi connectivity index (χ3v) is 2.21. The maximum absolute atomic E-state index is 10.4.